The monoisotopic (exact) mass is 483 g/mol. The molecule has 0 aliphatic rings. The third-order valence-electron chi connectivity index (χ3n) is 6.49. The van der Waals surface area contributed by atoms with Crippen LogP contribution >= 0.6 is 0 Å². The molecule has 3 aromatic rings. The second-order valence-electron chi connectivity index (χ2n) is 9.36. The normalized spacial score (nSPS) is 12.4. The number of halogens is 2. The molecule has 6 nitrogen and oxygen atoms in total. The zero-order valence-electron chi connectivity index (χ0n) is 20.9. The van der Waals surface area contributed by atoms with E-state index in [1.165, 1.54) is 0 Å². The Morgan fingerprint density at radius 3 is 2.54 bits per heavy atom. The molecule has 0 fully saturated rings. The van der Waals surface area contributed by atoms with Gasteiger partial charge in [0.15, 0.2) is 0 Å². The molecule has 0 saturated heterocycles. The molecule has 1 aromatic heterocycles. The van der Waals surface area contributed by atoms with E-state index < -0.39 is 17.7 Å². The van der Waals surface area contributed by atoms with E-state index in [2.05, 4.69) is 26.1 Å². The van der Waals surface area contributed by atoms with Crippen LogP contribution in [-0.4, -0.2) is 40.6 Å². The fraction of sp³-hybridized carbons (Fsp3) is 0.407. The van der Waals surface area contributed by atoms with Crippen molar-refractivity contribution in [2.24, 2.45) is 11.1 Å². The molecule has 2 amide bonds. The van der Waals surface area contributed by atoms with Crippen molar-refractivity contribution in [2.45, 2.75) is 46.2 Å². The molecular weight excluding hydrogens is 448 g/mol. The Labute approximate surface area is 206 Å². The number of hydrogen-bond acceptors (Lipinski definition) is 3. The molecule has 1 heterocycles. The summed E-state index contributed by atoms with van der Waals surface area (Å²) in [6.45, 7) is 7.57. The molecule has 0 aliphatic carbocycles. The van der Waals surface area contributed by atoms with Crippen LogP contribution in [0.5, 0.6) is 0 Å². The van der Waals surface area contributed by atoms with Crippen LogP contribution in [0.2, 0.25) is 0 Å². The van der Waals surface area contributed by atoms with E-state index in [1.54, 1.807) is 18.1 Å². The van der Waals surface area contributed by atoms with E-state index in [0.717, 1.165) is 30.2 Å². The molecule has 3 rings (SSSR count). The first-order valence-electron chi connectivity index (χ1n) is 12.0. The van der Waals surface area contributed by atoms with Gasteiger partial charge in [-0.1, -0.05) is 51.1 Å². The van der Waals surface area contributed by atoms with Gasteiger partial charge in [-0.25, -0.2) is 18.6 Å². The Morgan fingerprint density at radius 1 is 1.20 bits per heavy atom. The number of rotatable bonds is 10. The summed E-state index contributed by atoms with van der Waals surface area (Å²) in [5, 5.41) is 2.74. The third kappa shape index (κ3) is 6.06. The summed E-state index contributed by atoms with van der Waals surface area (Å²) < 4.78 is 30.7. The predicted molar refractivity (Wildman–Crippen MR) is 135 cm³/mol. The Bertz CT molecular complexity index is 1130. The third-order valence-corrected chi connectivity index (χ3v) is 6.49. The van der Waals surface area contributed by atoms with E-state index in [1.807, 2.05) is 34.9 Å². The zero-order valence-corrected chi connectivity index (χ0v) is 20.9. The average Bonchev–Trinajstić information content (AvgIpc) is 3.25. The summed E-state index contributed by atoms with van der Waals surface area (Å²) in [6.07, 6.45) is 3.12. The van der Waals surface area contributed by atoms with Crippen LogP contribution in [0.15, 0.2) is 54.7 Å². The van der Waals surface area contributed by atoms with Crippen molar-refractivity contribution in [1.29, 1.82) is 0 Å². The predicted octanol–water partition coefficient (Wildman–Crippen LogP) is 5.34. The minimum absolute atomic E-state index is 0.0829. The van der Waals surface area contributed by atoms with Gasteiger partial charge in [0, 0.05) is 31.9 Å². The largest absolute Gasteiger partial charge is 0.341 e. The average molecular weight is 484 g/mol. The first-order chi connectivity index (χ1) is 16.7. The van der Waals surface area contributed by atoms with Gasteiger partial charge >= 0.3 is 6.03 Å². The summed E-state index contributed by atoms with van der Waals surface area (Å²) in [6, 6.07) is 12.5. The van der Waals surface area contributed by atoms with Crippen LogP contribution in [0.25, 0.3) is 11.3 Å². The molecule has 0 saturated carbocycles. The smallest absolute Gasteiger partial charge is 0.317 e. The van der Waals surface area contributed by atoms with Crippen LogP contribution in [0.1, 0.15) is 51.0 Å². The molecule has 0 unspecified atom stereocenters. The van der Waals surface area contributed by atoms with Crippen molar-refractivity contribution in [3.05, 3.63) is 77.8 Å². The zero-order chi connectivity index (χ0) is 25.6. The molecule has 0 aliphatic heterocycles. The van der Waals surface area contributed by atoms with E-state index in [-0.39, 0.29) is 17.0 Å². The maximum Gasteiger partial charge on any atom is 0.317 e. The lowest BCUT2D eigenvalue weighted by molar-refractivity contribution is 0.0952. The Hall–Kier alpha value is -3.26. The number of amides is 2. The van der Waals surface area contributed by atoms with Crippen molar-refractivity contribution < 1.29 is 13.6 Å². The van der Waals surface area contributed by atoms with Gasteiger partial charge in [-0.05, 0) is 48.6 Å². The van der Waals surface area contributed by atoms with Gasteiger partial charge in [0.05, 0.1) is 11.7 Å². The van der Waals surface area contributed by atoms with Crippen LogP contribution in [0, 0.1) is 17.0 Å². The number of carbonyl (C=O) groups excluding carboxylic acids is 1. The number of nitrogens with two attached hydrogens (primary N) is 1. The molecule has 35 heavy (non-hydrogen) atoms. The minimum Gasteiger partial charge on any atom is -0.341 e. The van der Waals surface area contributed by atoms with Crippen LogP contribution in [0.3, 0.4) is 0 Å². The highest BCUT2D eigenvalue weighted by Crippen LogP contribution is 2.42. The summed E-state index contributed by atoms with van der Waals surface area (Å²) >= 11 is 0. The first kappa shape index (κ1) is 26.3. The van der Waals surface area contributed by atoms with Crippen LogP contribution < -0.4 is 11.1 Å². The first-order valence-corrected chi connectivity index (χ1v) is 12.0. The molecule has 3 N–H and O–H groups in total. The topological polar surface area (TPSA) is 76.2 Å². The lowest BCUT2D eigenvalue weighted by atomic mass is 9.80. The number of imidazole rings is 1. The summed E-state index contributed by atoms with van der Waals surface area (Å²) in [7, 11) is 1.60. The summed E-state index contributed by atoms with van der Waals surface area (Å²) in [5.41, 5.74) is 6.84. The maximum atomic E-state index is 14.7. The van der Waals surface area contributed by atoms with Crippen molar-refractivity contribution in [3.8, 4) is 11.3 Å². The molecule has 188 valence electrons. The number of nitrogens with one attached hydrogen (secondary N) is 1. The lowest BCUT2D eigenvalue weighted by Crippen LogP contribution is -2.47. The standard InChI is InChI=1S/C27H35F2N5O/c1-5-27(2,3)24(34(15-9-14-30)26(35)31-4)25-32-23(21-16-20(28)12-13-22(21)29)18-33(25)17-19-10-7-6-8-11-19/h6-8,10-13,16,18,24H,5,9,14-15,17,30H2,1-4H3,(H,31,35)/t24-/m0/s1. The number of benzene rings is 2. The molecular formula is C27H35F2N5O. The lowest BCUT2D eigenvalue weighted by Gasteiger charge is -2.41. The molecule has 0 radical (unpaired) electrons. The van der Waals surface area contributed by atoms with Gasteiger partial charge in [-0.3, -0.25) is 0 Å². The fourth-order valence-electron chi connectivity index (χ4n) is 4.24. The number of urea groups is 1. The van der Waals surface area contributed by atoms with Gasteiger partial charge in [0.2, 0.25) is 0 Å². The molecule has 1 atom stereocenters. The number of hydrogen-bond donors (Lipinski definition) is 2. The van der Waals surface area contributed by atoms with Gasteiger partial charge < -0.3 is 20.5 Å². The van der Waals surface area contributed by atoms with Gasteiger partial charge in [0.1, 0.15) is 17.5 Å². The number of nitrogens with zero attached hydrogens (tertiary/aromatic N) is 3. The van der Waals surface area contributed by atoms with Crippen molar-refractivity contribution in [1.82, 2.24) is 19.8 Å². The number of carbonyl (C=O) groups is 1. The SMILES string of the molecule is CCC(C)(C)[C@H](c1nc(-c2cc(F)ccc2F)cn1Cc1ccccc1)N(CCCN)C(=O)NC. The highest BCUT2D eigenvalue weighted by Gasteiger charge is 2.39. The minimum atomic E-state index is -0.556. The van der Waals surface area contributed by atoms with E-state index in [0.29, 0.717) is 37.6 Å². The van der Waals surface area contributed by atoms with E-state index >= 15 is 0 Å². The Balaban J connectivity index is 2.23. The van der Waals surface area contributed by atoms with Crippen molar-refractivity contribution in [2.75, 3.05) is 20.1 Å². The second kappa shape index (κ2) is 11.4. The van der Waals surface area contributed by atoms with Crippen molar-refractivity contribution >= 4 is 6.03 Å². The van der Waals surface area contributed by atoms with E-state index in [9.17, 15) is 13.6 Å². The van der Waals surface area contributed by atoms with Crippen LogP contribution in [0.4, 0.5) is 13.6 Å². The highest BCUT2D eigenvalue weighted by atomic mass is 19.1. The molecule has 0 spiro atoms. The summed E-state index contributed by atoms with van der Waals surface area (Å²) in [4.78, 5) is 19.7. The fourth-order valence-corrected chi connectivity index (χ4v) is 4.24. The van der Waals surface area contributed by atoms with Crippen LogP contribution in [-0.2, 0) is 6.54 Å². The quantitative estimate of drug-likeness (QED) is 0.408. The Kier molecular flexibility index (Phi) is 8.62. The second-order valence-corrected chi connectivity index (χ2v) is 9.36. The van der Waals surface area contributed by atoms with Crippen molar-refractivity contribution in [3.63, 3.8) is 0 Å². The van der Waals surface area contributed by atoms with Gasteiger partial charge in [0.25, 0.3) is 0 Å². The molecule has 2 aromatic carbocycles. The number of aromatic nitrogens is 2. The highest BCUT2D eigenvalue weighted by molar-refractivity contribution is 5.74. The molecule has 0 bridgehead atoms. The summed E-state index contributed by atoms with van der Waals surface area (Å²) in [5.74, 6) is -0.485. The maximum absolute atomic E-state index is 14.7. The Morgan fingerprint density at radius 2 is 1.91 bits per heavy atom. The molecule has 8 heteroatoms. The van der Waals surface area contributed by atoms with E-state index in [4.69, 9.17) is 10.7 Å². The van der Waals surface area contributed by atoms with Gasteiger partial charge in [-0.15, -0.1) is 0 Å². The van der Waals surface area contributed by atoms with Gasteiger partial charge in [-0.2, -0.15) is 0 Å².